The molecule has 1 spiro atoms. The van der Waals surface area contributed by atoms with Gasteiger partial charge >= 0.3 is 5.97 Å². The molecule has 1 aromatic carbocycles. The maximum absolute atomic E-state index is 14.9. The quantitative estimate of drug-likeness (QED) is 0.184. The fraction of sp³-hybridized carbons (Fsp3) is 0.641. The van der Waals surface area contributed by atoms with Crippen LogP contribution in [0.3, 0.4) is 0 Å². The monoisotopic (exact) mass is 693 g/mol. The molecule has 5 rings (SSSR count). The Balaban J connectivity index is 1.51. The molecular weight excluding hydrogens is 638 g/mol. The van der Waals surface area contributed by atoms with Crippen molar-refractivity contribution in [2.45, 2.75) is 114 Å². The summed E-state index contributed by atoms with van der Waals surface area (Å²) in [5.41, 5.74) is -0.586. The van der Waals surface area contributed by atoms with Crippen molar-refractivity contribution in [3.63, 3.8) is 0 Å². The van der Waals surface area contributed by atoms with Crippen molar-refractivity contribution in [3.05, 3.63) is 61.2 Å². The third-order valence-electron chi connectivity index (χ3n) is 11.2. The zero-order chi connectivity index (χ0) is 36.0. The number of nitrogens with one attached hydrogen (secondary N) is 1. The van der Waals surface area contributed by atoms with Crippen molar-refractivity contribution >= 4 is 23.7 Å². The van der Waals surface area contributed by atoms with E-state index < -0.39 is 53.7 Å². The highest BCUT2D eigenvalue weighted by molar-refractivity contribution is 5.98. The minimum Gasteiger partial charge on any atom is -0.455 e. The van der Waals surface area contributed by atoms with Gasteiger partial charge in [-0.05, 0) is 43.6 Å². The lowest BCUT2D eigenvalue weighted by Gasteiger charge is -2.43. The van der Waals surface area contributed by atoms with Crippen LogP contribution in [0, 0.1) is 17.8 Å². The van der Waals surface area contributed by atoms with Crippen LogP contribution in [0.25, 0.3) is 0 Å². The van der Waals surface area contributed by atoms with E-state index in [2.05, 4.69) is 18.5 Å². The van der Waals surface area contributed by atoms with E-state index in [1.807, 2.05) is 49.1 Å². The van der Waals surface area contributed by atoms with Gasteiger partial charge in [0.1, 0.15) is 17.7 Å². The number of allylic oxidation sites excluding steroid dienone is 1. The Morgan fingerprint density at radius 1 is 1.12 bits per heavy atom. The number of amides is 3. The van der Waals surface area contributed by atoms with Crippen molar-refractivity contribution in [3.8, 4) is 0 Å². The molecule has 0 aromatic heterocycles. The average molecular weight is 694 g/mol. The molecule has 4 fully saturated rings. The Labute approximate surface area is 296 Å². The van der Waals surface area contributed by atoms with Crippen LogP contribution in [-0.2, 0) is 33.4 Å². The summed E-state index contributed by atoms with van der Waals surface area (Å²) in [6.07, 6.45) is 8.35. The number of hydrogen-bond donors (Lipinski definition) is 2. The lowest BCUT2D eigenvalue weighted by atomic mass is 9.70. The second-order valence-corrected chi connectivity index (χ2v) is 14.6. The maximum atomic E-state index is 14.9. The topological polar surface area (TPSA) is 135 Å². The van der Waals surface area contributed by atoms with Crippen molar-refractivity contribution < 1.29 is 38.5 Å². The standard InChI is InChI=1S/C39H55N3O8/c1-6-8-19-31(44)40-28(24-48-5)34(26-15-11-9-12-16-26)49-38(47)32-30-20-21-39(50-30)33(32)36(45)42(29(23-43)25(3)4)35(39)37(46)41(22-7-2)27-17-13-10-14-18-27/h6-7,9,11-12,15-16,25,27-30,32-35,43H,1-2,8,10,13-14,17-24H2,3-5H3,(H,40,44)/t28-,29-,30+,32-,33-,34-,35+,39-/m0/s1. The zero-order valence-corrected chi connectivity index (χ0v) is 29.8. The molecule has 11 nitrogen and oxygen atoms in total. The normalized spacial score (nSPS) is 27.8. The largest absolute Gasteiger partial charge is 0.455 e. The summed E-state index contributed by atoms with van der Waals surface area (Å²) in [5.74, 6) is -3.56. The summed E-state index contributed by atoms with van der Waals surface area (Å²) >= 11 is 0. The fourth-order valence-corrected chi connectivity index (χ4v) is 8.85. The SMILES string of the molecule is C=CCCC(=O)N[C@@H](COC)[C@@H](OC(=O)[C@@H]1[C@H]2C(=O)N([C@@H](CO)C(C)C)[C@H](C(=O)N(CC=C)C3CCCCC3)[C@]23CC[C@H]1O3)c1ccccc1. The van der Waals surface area contributed by atoms with E-state index in [4.69, 9.17) is 14.2 Å². The minimum atomic E-state index is -1.24. The van der Waals surface area contributed by atoms with Crippen molar-refractivity contribution in [2.75, 3.05) is 26.9 Å². The smallest absolute Gasteiger partial charge is 0.313 e. The number of benzene rings is 1. The first kappa shape index (κ1) is 37.7. The Bertz CT molecular complexity index is 1380. The van der Waals surface area contributed by atoms with E-state index >= 15 is 0 Å². The lowest BCUT2D eigenvalue weighted by molar-refractivity contribution is -0.164. The predicted molar refractivity (Wildman–Crippen MR) is 187 cm³/mol. The first-order valence-electron chi connectivity index (χ1n) is 18.3. The van der Waals surface area contributed by atoms with Crippen LogP contribution in [0.4, 0.5) is 0 Å². The third-order valence-corrected chi connectivity index (χ3v) is 11.2. The van der Waals surface area contributed by atoms with E-state index in [1.54, 1.807) is 17.1 Å². The summed E-state index contributed by atoms with van der Waals surface area (Å²) in [5, 5.41) is 13.6. The maximum Gasteiger partial charge on any atom is 0.313 e. The van der Waals surface area contributed by atoms with Gasteiger partial charge in [0.15, 0.2) is 0 Å². The van der Waals surface area contributed by atoms with E-state index in [0.29, 0.717) is 31.4 Å². The molecule has 1 aliphatic carbocycles. The second kappa shape index (κ2) is 16.7. The van der Waals surface area contributed by atoms with Crippen LogP contribution < -0.4 is 5.32 Å². The molecule has 11 heteroatoms. The summed E-state index contributed by atoms with van der Waals surface area (Å²) < 4.78 is 18.5. The zero-order valence-electron chi connectivity index (χ0n) is 29.8. The van der Waals surface area contributed by atoms with Gasteiger partial charge in [-0.3, -0.25) is 19.2 Å². The molecule has 3 heterocycles. The van der Waals surface area contributed by atoms with Crippen LogP contribution in [0.5, 0.6) is 0 Å². The molecule has 2 N–H and O–H groups in total. The van der Waals surface area contributed by atoms with Gasteiger partial charge in [0, 0.05) is 26.1 Å². The van der Waals surface area contributed by atoms with Gasteiger partial charge in [-0.2, -0.15) is 0 Å². The average Bonchev–Trinajstić information content (AvgIpc) is 3.76. The molecular formula is C39H55N3O8. The molecule has 0 unspecified atom stereocenters. The van der Waals surface area contributed by atoms with Crippen molar-refractivity contribution in [2.24, 2.45) is 17.8 Å². The summed E-state index contributed by atoms with van der Waals surface area (Å²) in [4.78, 5) is 60.4. The molecule has 3 amide bonds. The van der Waals surface area contributed by atoms with Gasteiger partial charge in [-0.1, -0.05) is 75.6 Å². The molecule has 0 radical (unpaired) electrons. The Hall–Kier alpha value is -3.54. The minimum absolute atomic E-state index is 0.0127. The van der Waals surface area contributed by atoms with Gasteiger partial charge in [-0.25, -0.2) is 0 Å². The lowest BCUT2D eigenvalue weighted by Crippen LogP contribution is -2.61. The van der Waals surface area contributed by atoms with Gasteiger partial charge in [0.2, 0.25) is 17.7 Å². The number of aliphatic hydroxyl groups is 1. The van der Waals surface area contributed by atoms with Crippen molar-refractivity contribution in [1.29, 1.82) is 0 Å². The molecule has 1 aromatic rings. The molecule has 2 bridgehead atoms. The number of carbonyl (C=O) groups excluding carboxylic acids is 4. The Morgan fingerprint density at radius 2 is 1.84 bits per heavy atom. The van der Waals surface area contributed by atoms with Gasteiger partial charge in [0.05, 0.1) is 43.2 Å². The van der Waals surface area contributed by atoms with Crippen LogP contribution >= 0.6 is 0 Å². The highest BCUT2D eigenvalue weighted by Crippen LogP contribution is 2.59. The highest BCUT2D eigenvalue weighted by atomic mass is 16.6. The first-order valence-corrected chi connectivity index (χ1v) is 18.3. The van der Waals surface area contributed by atoms with Crippen LogP contribution in [0.1, 0.15) is 83.3 Å². The van der Waals surface area contributed by atoms with E-state index in [9.17, 15) is 24.3 Å². The van der Waals surface area contributed by atoms with Crippen LogP contribution in [0.2, 0.25) is 0 Å². The fourth-order valence-electron chi connectivity index (χ4n) is 8.85. The van der Waals surface area contributed by atoms with E-state index in [1.165, 1.54) is 7.11 Å². The van der Waals surface area contributed by atoms with Gasteiger partial charge in [-0.15, -0.1) is 13.2 Å². The van der Waals surface area contributed by atoms with Crippen molar-refractivity contribution in [1.82, 2.24) is 15.1 Å². The molecule has 1 saturated carbocycles. The third kappa shape index (κ3) is 7.27. The summed E-state index contributed by atoms with van der Waals surface area (Å²) in [6.45, 7) is 11.5. The van der Waals surface area contributed by atoms with Gasteiger partial charge < -0.3 is 34.4 Å². The number of methoxy groups -OCH3 is 1. The predicted octanol–water partition coefficient (Wildman–Crippen LogP) is 4.11. The Kier molecular flexibility index (Phi) is 12.6. The number of hydrogen-bond acceptors (Lipinski definition) is 8. The Morgan fingerprint density at radius 3 is 2.46 bits per heavy atom. The molecule has 3 saturated heterocycles. The summed E-state index contributed by atoms with van der Waals surface area (Å²) in [6, 6.07) is 6.78. The number of ether oxygens (including phenoxy) is 3. The molecule has 8 atom stereocenters. The number of nitrogens with zero attached hydrogens (tertiary/aromatic N) is 2. The molecule has 4 aliphatic rings. The highest BCUT2D eigenvalue weighted by Gasteiger charge is 2.76. The molecule has 50 heavy (non-hydrogen) atoms. The molecule has 3 aliphatic heterocycles. The number of carbonyl (C=O) groups is 4. The number of likely N-dealkylation sites (tertiary alicyclic amines) is 1. The van der Waals surface area contributed by atoms with Crippen LogP contribution in [0.15, 0.2) is 55.6 Å². The number of rotatable bonds is 17. The molecule has 274 valence electrons. The number of esters is 1. The second-order valence-electron chi connectivity index (χ2n) is 14.6. The van der Waals surface area contributed by atoms with E-state index in [-0.39, 0.29) is 49.3 Å². The van der Waals surface area contributed by atoms with E-state index in [0.717, 1.165) is 32.1 Å². The van der Waals surface area contributed by atoms with Crippen LogP contribution in [-0.4, -0.2) is 101 Å². The number of fused-ring (bicyclic) bond motifs is 1. The van der Waals surface area contributed by atoms with Gasteiger partial charge in [0.25, 0.3) is 0 Å². The summed E-state index contributed by atoms with van der Waals surface area (Å²) in [7, 11) is 1.51. The first-order chi connectivity index (χ1) is 24.1. The number of aliphatic hydroxyl groups excluding tert-OH is 1.